The molecule has 0 unspecified atom stereocenters. The number of hydrogen-bond donors (Lipinski definition) is 1. The number of carbonyl (C=O) groups excluding carboxylic acids is 2. The van der Waals surface area contributed by atoms with Crippen LogP contribution in [-0.2, 0) is 38.8 Å². The highest BCUT2D eigenvalue weighted by Gasteiger charge is 2.38. The summed E-state index contributed by atoms with van der Waals surface area (Å²) in [5.41, 5.74) is 1.46. The van der Waals surface area contributed by atoms with Crippen LogP contribution in [-0.4, -0.2) is 43.8 Å². The summed E-state index contributed by atoms with van der Waals surface area (Å²) in [7, 11) is -4.60. The summed E-state index contributed by atoms with van der Waals surface area (Å²) in [5.74, 6) is -1.16. The lowest BCUT2D eigenvalue weighted by molar-refractivity contribution is -0.140. The van der Waals surface area contributed by atoms with Gasteiger partial charge in [-0.3, -0.25) is 13.9 Å². The number of amides is 2. The van der Waals surface area contributed by atoms with Gasteiger partial charge < -0.3 is 10.2 Å². The van der Waals surface area contributed by atoms with Gasteiger partial charge in [-0.15, -0.1) is 0 Å². The molecule has 5 rings (SSSR count). The van der Waals surface area contributed by atoms with Gasteiger partial charge in [-0.1, -0.05) is 96.7 Å². The zero-order valence-corrected chi connectivity index (χ0v) is 29.4. The average Bonchev–Trinajstić information content (AvgIpc) is 3.59. The molecule has 50 heavy (non-hydrogen) atoms. The third-order valence-corrected chi connectivity index (χ3v) is 11.1. The number of hydrogen-bond acceptors (Lipinski definition) is 4. The van der Waals surface area contributed by atoms with E-state index < -0.39 is 51.0 Å². The summed E-state index contributed by atoms with van der Waals surface area (Å²) in [6, 6.07) is 23.9. The van der Waals surface area contributed by atoms with Crippen molar-refractivity contribution < 1.29 is 31.2 Å². The molecular weight excluding hydrogens is 687 g/mol. The maximum absolute atomic E-state index is 14.7. The molecular formula is C38H39ClF3N3O4S. The zero-order valence-electron chi connectivity index (χ0n) is 27.8. The minimum absolute atomic E-state index is 0.0477. The van der Waals surface area contributed by atoms with Gasteiger partial charge in [-0.25, -0.2) is 8.42 Å². The maximum atomic E-state index is 14.7. The van der Waals surface area contributed by atoms with Gasteiger partial charge in [0.1, 0.15) is 12.6 Å². The third kappa shape index (κ3) is 8.86. The molecule has 0 aromatic heterocycles. The van der Waals surface area contributed by atoms with Gasteiger partial charge in [0.15, 0.2) is 0 Å². The van der Waals surface area contributed by atoms with Crippen molar-refractivity contribution in [3.05, 3.63) is 130 Å². The van der Waals surface area contributed by atoms with Crippen molar-refractivity contribution in [1.29, 1.82) is 0 Å². The zero-order chi connectivity index (χ0) is 36.1. The molecule has 0 heterocycles. The molecule has 1 atom stereocenters. The second kappa shape index (κ2) is 15.7. The standard InChI is InChI=1S/C38H39ClF3N3O4S/c1-26-16-19-32(20-17-26)50(48,49)45(31-18-21-34(39)33(23-31)38(40,41)42)25-36(46)44(24-29-13-7-6-10-27(29)2)35(22-28-11-4-3-5-12-28)37(47)43-30-14-8-9-15-30/h3-7,10-13,16-21,23,30,35H,8-9,14-15,22,24-25H2,1-2H3,(H,43,47)/t35-/m1/s1. The number of nitrogens with one attached hydrogen (secondary N) is 1. The summed E-state index contributed by atoms with van der Waals surface area (Å²) in [6.07, 6.45) is -1.24. The smallest absolute Gasteiger partial charge is 0.352 e. The minimum Gasteiger partial charge on any atom is -0.352 e. The van der Waals surface area contributed by atoms with E-state index in [0.29, 0.717) is 10.4 Å². The summed E-state index contributed by atoms with van der Waals surface area (Å²) >= 11 is 5.91. The lowest BCUT2D eigenvalue weighted by atomic mass is 10.0. The molecule has 1 aliphatic carbocycles. The number of halogens is 4. The number of sulfonamides is 1. The first-order valence-corrected chi connectivity index (χ1v) is 18.2. The fourth-order valence-corrected chi connectivity index (χ4v) is 7.78. The molecule has 0 radical (unpaired) electrons. The first-order chi connectivity index (χ1) is 23.7. The SMILES string of the molecule is Cc1ccc(S(=O)(=O)N(CC(=O)N(Cc2ccccc2C)[C@H](Cc2ccccc2)C(=O)NC2CCCC2)c2ccc(Cl)c(C(F)(F)F)c2)cc1. The van der Waals surface area contributed by atoms with Crippen molar-refractivity contribution in [2.24, 2.45) is 0 Å². The van der Waals surface area contributed by atoms with Gasteiger partial charge in [0.05, 0.1) is 21.2 Å². The van der Waals surface area contributed by atoms with E-state index in [1.54, 1.807) is 25.1 Å². The normalized spacial score (nSPS) is 14.3. The lowest BCUT2D eigenvalue weighted by Crippen LogP contribution is -2.54. The van der Waals surface area contributed by atoms with Crippen molar-refractivity contribution in [3.63, 3.8) is 0 Å². The quantitative estimate of drug-likeness (QED) is 0.161. The minimum atomic E-state index is -4.90. The first-order valence-electron chi connectivity index (χ1n) is 16.4. The van der Waals surface area contributed by atoms with Crippen LogP contribution in [0, 0.1) is 13.8 Å². The molecule has 264 valence electrons. The number of carbonyl (C=O) groups is 2. The molecule has 12 heteroatoms. The Bertz CT molecular complexity index is 1920. The summed E-state index contributed by atoms with van der Waals surface area (Å²) < 4.78 is 71.2. The number of aryl methyl sites for hydroxylation is 2. The Morgan fingerprint density at radius 1 is 0.900 bits per heavy atom. The van der Waals surface area contributed by atoms with Crippen LogP contribution < -0.4 is 9.62 Å². The van der Waals surface area contributed by atoms with Crippen LogP contribution in [0.15, 0.2) is 102 Å². The topological polar surface area (TPSA) is 86.8 Å². The third-order valence-electron chi connectivity index (χ3n) is 9.01. The van der Waals surface area contributed by atoms with Gasteiger partial charge >= 0.3 is 6.18 Å². The number of anilines is 1. The monoisotopic (exact) mass is 725 g/mol. The number of rotatable bonds is 12. The summed E-state index contributed by atoms with van der Waals surface area (Å²) in [6.45, 7) is 2.69. The van der Waals surface area contributed by atoms with E-state index in [9.17, 15) is 31.2 Å². The van der Waals surface area contributed by atoms with Crippen LogP contribution >= 0.6 is 11.6 Å². The number of alkyl halides is 3. The first kappa shape index (κ1) is 36.9. The Hall–Kier alpha value is -4.35. The van der Waals surface area contributed by atoms with Crippen molar-refractivity contribution in [2.75, 3.05) is 10.8 Å². The van der Waals surface area contributed by atoms with Crippen LogP contribution in [0.3, 0.4) is 0 Å². The molecule has 1 fully saturated rings. The summed E-state index contributed by atoms with van der Waals surface area (Å²) in [5, 5.41) is 2.49. The molecule has 0 spiro atoms. The highest BCUT2D eigenvalue weighted by molar-refractivity contribution is 7.92. The van der Waals surface area contributed by atoms with Gasteiger partial charge in [-0.2, -0.15) is 13.2 Å². The molecule has 0 bridgehead atoms. The van der Waals surface area contributed by atoms with Gasteiger partial charge in [0.25, 0.3) is 10.0 Å². The average molecular weight is 726 g/mol. The Morgan fingerprint density at radius 2 is 1.54 bits per heavy atom. The highest BCUT2D eigenvalue weighted by Crippen LogP contribution is 2.38. The van der Waals surface area contributed by atoms with Crippen molar-refractivity contribution >= 4 is 39.1 Å². The maximum Gasteiger partial charge on any atom is 0.417 e. The number of benzene rings is 4. The van der Waals surface area contributed by atoms with Crippen LogP contribution in [0.2, 0.25) is 5.02 Å². The fraction of sp³-hybridized carbons (Fsp3) is 0.316. The molecule has 0 aliphatic heterocycles. The molecule has 4 aromatic carbocycles. The fourth-order valence-electron chi connectivity index (χ4n) is 6.14. The number of nitrogens with zero attached hydrogens (tertiary/aromatic N) is 2. The molecule has 1 N–H and O–H groups in total. The van der Waals surface area contributed by atoms with Crippen molar-refractivity contribution in [1.82, 2.24) is 10.2 Å². The van der Waals surface area contributed by atoms with Crippen LogP contribution in [0.1, 0.15) is 53.5 Å². The van der Waals surface area contributed by atoms with Crippen LogP contribution in [0.5, 0.6) is 0 Å². The Morgan fingerprint density at radius 3 is 2.18 bits per heavy atom. The Labute approximate surface area is 296 Å². The van der Waals surface area contributed by atoms with E-state index in [4.69, 9.17) is 11.6 Å². The molecule has 0 saturated heterocycles. The Kier molecular flexibility index (Phi) is 11.6. The molecule has 2 amide bonds. The van der Waals surface area contributed by atoms with Crippen LogP contribution in [0.25, 0.3) is 0 Å². The molecule has 1 saturated carbocycles. The second-order valence-electron chi connectivity index (χ2n) is 12.6. The molecule has 7 nitrogen and oxygen atoms in total. The molecule has 4 aromatic rings. The second-order valence-corrected chi connectivity index (χ2v) is 14.9. The highest BCUT2D eigenvalue weighted by atomic mass is 35.5. The van der Waals surface area contributed by atoms with E-state index in [2.05, 4.69) is 5.32 Å². The predicted molar refractivity (Wildman–Crippen MR) is 188 cm³/mol. The van der Waals surface area contributed by atoms with Gasteiger partial charge in [0, 0.05) is 19.0 Å². The van der Waals surface area contributed by atoms with E-state index in [-0.39, 0.29) is 29.8 Å². The van der Waals surface area contributed by atoms with Gasteiger partial charge in [-0.05, 0) is 73.7 Å². The molecule has 1 aliphatic rings. The van der Waals surface area contributed by atoms with Crippen molar-refractivity contribution in [3.8, 4) is 0 Å². The van der Waals surface area contributed by atoms with E-state index >= 15 is 0 Å². The largest absolute Gasteiger partial charge is 0.417 e. The van der Waals surface area contributed by atoms with Crippen molar-refractivity contribution in [2.45, 2.75) is 75.7 Å². The summed E-state index contributed by atoms with van der Waals surface area (Å²) in [4.78, 5) is 30.0. The lowest BCUT2D eigenvalue weighted by Gasteiger charge is -2.34. The van der Waals surface area contributed by atoms with E-state index in [0.717, 1.165) is 60.1 Å². The Balaban J connectivity index is 1.62. The van der Waals surface area contributed by atoms with Crippen LogP contribution in [0.4, 0.5) is 18.9 Å². The predicted octanol–water partition coefficient (Wildman–Crippen LogP) is 7.87. The van der Waals surface area contributed by atoms with E-state index in [1.165, 1.54) is 17.0 Å². The van der Waals surface area contributed by atoms with E-state index in [1.807, 2.05) is 55.5 Å². The van der Waals surface area contributed by atoms with Gasteiger partial charge in [0.2, 0.25) is 11.8 Å².